The summed E-state index contributed by atoms with van der Waals surface area (Å²) in [6.07, 6.45) is 5.31. The number of carbonyl (C=O) groups is 1. The molecule has 0 aromatic heterocycles. The molecule has 1 rings (SSSR count). The van der Waals surface area contributed by atoms with Crippen LogP contribution >= 0.6 is 0 Å². The number of carbonyl (C=O) groups excluding carboxylic acids is 1. The highest BCUT2D eigenvalue weighted by molar-refractivity contribution is 5.83. The van der Waals surface area contributed by atoms with Gasteiger partial charge < -0.3 is 15.1 Å². The molecule has 118 valence electrons. The third-order valence-electron chi connectivity index (χ3n) is 4.25. The van der Waals surface area contributed by atoms with Crippen molar-refractivity contribution in [3.63, 3.8) is 0 Å². The smallest absolute Gasteiger partial charge is 0.230 e. The fraction of sp³-hybridized carbons (Fsp3) is 0.938. The Labute approximate surface area is 124 Å². The standard InChI is InChI=1S/C16H33N3O/c1-5-8-16(9-7-10-17-14-16)15(20)19(11-6-2)13-12-18(3)4/h17H,5-14H2,1-4H3. The molecule has 4 heteroatoms. The van der Waals surface area contributed by atoms with Crippen LogP contribution in [0.4, 0.5) is 0 Å². The second-order valence-electron chi connectivity index (χ2n) is 6.41. The first-order valence-corrected chi connectivity index (χ1v) is 8.20. The van der Waals surface area contributed by atoms with E-state index < -0.39 is 0 Å². The summed E-state index contributed by atoms with van der Waals surface area (Å²) in [6, 6.07) is 0. The Morgan fingerprint density at radius 1 is 1.15 bits per heavy atom. The zero-order valence-corrected chi connectivity index (χ0v) is 13.9. The van der Waals surface area contributed by atoms with E-state index in [1.54, 1.807) is 0 Å². The zero-order chi connectivity index (χ0) is 15.0. The minimum atomic E-state index is -0.144. The number of amides is 1. The minimum absolute atomic E-state index is 0.144. The summed E-state index contributed by atoms with van der Waals surface area (Å²) in [4.78, 5) is 17.3. The summed E-state index contributed by atoms with van der Waals surface area (Å²) in [5.74, 6) is 0.384. The highest BCUT2D eigenvalue weighted by Gasteiger charge is 2.40. The second-order valence-corrected chi connectivity index (χ2v) is 6.41. The van der Waals surface area contributed by atoms with Crippen molar-refractivity contribution in [2.45, 2.75) is 46.0 Å². The van der Waals surface area contributed by atoms with Crippen LogP contribution in [-0.2, 0) is 4.79 Å². The quantitative estimate of drug-likeness (QED) is 0.739. The Balaban J connectivity index is 2.77. The fourth-order valence-electron chi connectivity index (χ4n) is 3.19. The van der Waals surface area contributed by atoms with Crippen LogP contribution in [0.1, 0.15) is 46.0 Å². The van der Waals surface area contributed by atoms with Gasteiger partial charge in [0.05, 0.1) is 5.41 Å². The molecule has 1 heterocycles. The normalized spacial score (nSPS) is 23.1. The van der Waals surface area contributed by atoms with Gasteiger partial charge in [0.1, 0.15) is 0 Å². The van der Waals surface area contributed by atoms with Crippen molar-refractivity contribution < 1.29 is 4.79 Å². The monoisotopic (exact) mass is 283 g/mol. The first-order valence-electron chi connectivity index (χ1n) is 8.20. The molecule has 0 spiro atoms. The lowest BCUT2D eigenvalue weighted by Crippen LogP contribution is -2.53. The molecule has 1 aliphatic heterocycles. The molecule has 0 radical (unpaired) electrons. The van der Waals surface area contributed by atoms with Gasteiger partial charge in [0.15, 0.2) is 0 Å². The molecular weight excluding hydrogens is 250 g/mol. The maximum atomic E-state index is 13.1. The van der Waals surface area contributed by atoms with Gasteiger partial charge in [-0.3, -0.25) is 4.79 Å². The van der Waals surface area contributed by atoms with E-state index in [1.165, 1.54) is 0 Å². The Hall–Kier alpha value is -0.610. The number of hydrogen-bond donors (Lipinski definition) is 1. The minimum Gasteiger partial charge on any atom is -0.341 e. The molecule has 0 aromatic carbocycles. The van der Waals surface area contributed by atoms with Gasteiger partial charge in [0.25, 0.3) is 0 Å². The van der Waals surface area contributed by atoms with Crippen molar-refractivity contribution in [3.8, 4) is 0 Å². The van der Waals surface area contributed by atoms with Crippen molar-refractivity contribution in [3.05, 3.63) is 0 Å². The van der Waals surface area contributed by atoms with Gasteiger partial charge in [-0.15, -0.1) is 0 Å². The summed E-state index contributed by atoms with van der Waals surface area (Å²) in [5.41, 5.74) is -0.144. The van der Waals surface area contributed by atoms with E-state index in [0.717, 1.165) is 64.8 Å². The molecule has 1 unspecified atom stereocenters. The molecule has 4 nitrogen and oxygen atoms in total. The molecule has 1 saturated heterocycles. The van der Waals surface area contributed by atoms with Gasteiger partial charge >= 0.3 is 0 Å². The zero-order valence-electron chi connectivity index (χ0n) is 13.9. The van der Waals surface area contributed by atoms with Crippen LogP contribution < -0.4 is 5.32 Å². The van der Waals surface area contributed by atoms with Crippen molar-refractivity contribution >= 4 is 5.91 Å². The highest BCUT2D eigenvalue weighted by atomic mass is 16.2. The first-order chi connectivity index (χ1) is 9.55. The topological polar surface area (TPSA) is 35.6 Å². The lowest BCUT2D eigenvalue weighted by Gasteiger charge is -2.40. The van der Waals surface area contributed by atoms with Crippen molar-refractivity contribution in [2.24, 2.45) is 5.41 Å². The molecule has 0 saturated carbocycles. The van der Waals surface area contributed by atoms with Crippen LogP contribution in [0, 0.1) is 5.41 Å². The number of rotatable bonds is 8. The largest absolute Gasteiger partial charge is 0.341 e. The summed E-state index contributed by atoms with van der Waals surface area (Å²) < 4.78 is 0. The molecular formula is C16H33N3O. The summed E-state index contributed by atoms with van der Waals surface area (Å²) in [6.45, 7) is 8.95. The van der Waals surface area contributed by atoms with E-state index >= 15 is 0 Å². The van der Waals surface area contributed by atoms with E-state index in [4.69, 9.17) is 0 Å². The molecule has 1 atom stereocenters. The molecule has 1 aliphatic rings. The second kappa shape index (κ2) is 8.63. The predicted molar refractivity (Wildman–Crippen MR) is 84.9 cm³/mol. The average molecular weight is 283 g/mol. The average Bonchev–Trinajstić information content (AvgIpc) is 2.44. The lowest BCUT2D eigenvalue weighted by atomic mass is 9.75. The molecule has 0 aromatic rings. The van der Waals surface area contributed by atoms with Gasteiger partial charge in [0.2, 0.25) is 5.91 Å². The van der Waals surface area contributed by atoms with Crippen LogP contribution in [0.15, 0.2) is 0 Å². The summed E-state index contributed by atoms with van der Waals surface area (Å²) in [5, 5.41) is 3.45. The molecule has 1 N–H and O–H groups in total. The summed E-state index contributed by atoms with van der Waals surface area (Å²) in [7, 11) is 4.14. The number of piperidine rings is 1. The van der Waals surface area contributed by atoms with Crippen LogP contribution in [0.2, 0.25) is 0 Å². The van der Waals surface area contributed by atoms with E-state index in [0.29, 0.717) is 5.91 Å². The van der Waals surface area contributed by atoms with Gasteiger partial charge in [-0.05, 0) is 46.3 Å². The van der Waals surface area contributed by atoms with Gasteiger partial charge in [-0.25, -0.2) is 0 Å². The van der Waals surface area contributed by atoms with Gasteiger partial charge in [-0.2, -0.15) is 0 Å². The Bertz CT molecular complexity index is 280. The number of likely N-dealkylation sites (N-methyl/N-ethyl adjacent to an activating group) is 1. The fourth-order valence-corrected chi connectivity index (χ4v) is 3.19. The molecule has 1 fully saturated rings. The molecule has 0 aliphatic carbocycles. The Kier molecular flexibility index (Phi) is 7.52. The first kappa shape index (κ1) is 17.4. The van der Waals surface area contributed by atoms with Gasteiger partial charge in [-0.1, -0.05) is 20.3 Å². The summed E-state index contributed by atoms with van der Waals surface area (Å²) >= 11 is 0. The van der Waals surface area contributed by atoms with E-state index in [1.807, 2.05) is 0 Å². The third kappa shape index (κ3) is 4.74. The van der Waals surface area contributed by atoms with Crippen molar-refractivity contribution in [1.29, 1.82) is 0 Å². The molecule has 0 bridgehead atoms. The third-order valence-corrected chi connectivity index (χ3v) is 4.25. The van der Waals surface area contributed by atoms with Gasteiger partial charge in [0, 0.05) is 26.2 Å². The number of nitrogens with zero attached hydrogens (tertiary/aromatic N) is 2. The van der Waals surface area contributed by atoms with Crippen molar-refractivity contribution in [2.75, 3.05) is 46.8 Å². The highest BCUT2D eigenvalue weighted by Crippen LogP contribution is 2.33. The van der Waals surface area contributed by atoms with E-state index in [2.05, 4.69) is 43.1 Å². The Morgan fingerprint density at radius 2 is 1.90 bits per heavy atom. The van der Waals surface area contributed by atoms with Crippen LogP contribution in [-0.4, -0.2) is 62.5 Å². The maximum absolute atomic E-state index is 13.1. The predicted octanol–water partition coefficient (Wildman–Crippen LogP) is 1.96. The molecule has 20 heavy (non-hydrogen) atoms. The number of hydrogen-bond acceptors (Lipinski definition) is 3. The maximum Gasteiger partial charge on any atom is 0.230 e. The Morgan fingerprint density at radius 3 is 2.40 bits per heavy atom. The van der Waals surface area contributed by atoms with Crippen LogP contribution in [0.5, 0.6) is 0 Å². The lowest BCUT2D eigenvalue weighted by molar-refractivity contribution is -0.144. The van der Waals surface area contributed by atoms with Crippen LogP contribution in [0.25, 0.3) is 0 Å². The number of nitrogens with one attached hydrogen (secondary N) is 1. The SMILES string of the molecule is CCCN(CCN(C)C)C(=O)C1(CCC)CCCNC1. The van der Waals surface area contributed by atoms with E-state index in [9.17, 15) is 4.79 Å². The van der Waals surface area contributed by atoms with Crippen molar-refractivity contribution in [1.82, 2.24) is 15.1 Å². The molecule has 1 amide bonds. The van der Waals surface area contributed by atoms with E-state index in [-0.39, 0.29) is 5.41 Å². The van der Waals surface area contributed by atoms with Crippen LogP contribution in [0.3, 0.4) is 0 Å².